The van der Waals surface area contributed by atoms with Crippen LogP contribution in [0.2, 0.25) is 0 Å². The third kappa shape index (κ3) is 1.37. The molecule has 4 heteroatoms. The maximum atomic E-state index is 7.42. The van der Waals surface area contributed by atoms with E-state index in [1.54, 1.807) is 12.5 Å². The normalized spacial score (nSPS) is 10.0. The van der Waals surface area contributed by atoms with Gasteiger partial charge in [0.2, 0.25) is 0 Å². The van der Waals surface area contributed by atoms with Crippen molar-refractivity contribution in [1.82, 2.24) is 9.55 Å². The molecular formula is C10H10N4. The van der Waals surface area contributed by atoms with Crippen molar-refractivity contribution in [3.05, 3.63) is 48.5 Å². The van der Waals surface area contributed by atoms with Crippen LogP contribution in [0.4, 0.5) is 0 Å². The van der Waals surface area contributed by atoms with E-state index >= 15 is 0 Å². The highest BCUT2D eigenvalue weighted by Gasteiger charge is 2.04. The number of amidine groups is 1. The average molecular weight is 186 g/mol. The number of imidazole rings is 1. The summed E-state index contributed by atoms with van der Waals surface area (Å²) < 4.78 is 1.83. The molecule has 1 aromatic carbocycles. The lowest BCUT2D eigenvalue weighted by atomic mass is 10.1. The Labute approximate surface area is 81.5 Å². The number of nitrogens with one attached hydrogen (secondary N) is 1. The highest BCUT2D eigenvalue weighted by molar-refractivity contribution is 5.98. The molecule has 0 spiro atoms. The number of aromatic nitrogens is 2. The molecule has 0 aliphatic carbocycles. The van der Waals surface area contributed by atoms with E-state index in [0.29, 0.717) is 5.56 Å². The van der Waals surface area contributed by atoms with Crippen LogP contribution in [0.25, 0.3) is 5.69 Å². The van der Waals surface area contributed by atoms with Crippen molar-refractivity contribution < 1.29 is 0 Å². The number of rotatable bonds is 2. The van der Waals surface area contributed by atoms with Gasteiger partial charge >= 0.3 is 0 Å². The van der Waals surface area contributed by atoms with E-state index < -0.39 is 0 Å². The molecule has 0 radical (unpaired) electrons. The first-order valence-corrected chi connectivity index (χ1v) is 4.21. The SMILES string of the molecule is N=C(N)c1ccccc1-n1ccnc1. The van der Waals surface area contributed by atoms with E-state index in [-0.39, 0.29) is 5.84 Å². The molecule has 0 amide bonds. The highest BCUT2D eigenvalue weighted by Crippen LogP contribution is 2.12. The van der Waals surface area contributed by atoms with Crippen molar-refractivity contribution in [3.8, 4) is 5.69 Å². The summed E-state index contributed by atoms with van der Waals surface area (Å²) in [4.78, 5) is 3.95. The van der Waals surface area contributed by atoms with E-state index in [1.807, 2.05) is 35.0 Å². The molecule has 4 nitrogen and oxygen atoms in total. The molecule has 14 heavy (non-hydrogen) atoms. The standard InChI is InChI=1S/C10H10N4/c11-10(12)8-3-1-2-4-9(8)14-6-5-13-7-14/h1-7H,(H3,11,12). The van der Waals surface area contributed by atoms with Crippen molar-refractivity contribution in [2.75, 3.05) is 0 Å². The lowest BCUT2D eigenvalue weighted by Crippen LogP contribution is -2.14. The summed E-state index contributed by atoms with van der Waals surface area (Å²) in [7, 11) is 0. The van der Waals surface area contributed by atoms with Crippen LogP contribution in [-0.2, 0) is 0 Å². The lowest BCUT2D eigenvalue weighted by Gasteiger charge is -2.07. The fourth-order valence-electron chi connectivity index (χ4n) is 1.33. The topological polar surface area (TPSA) is 67.7 Å². The fourth-order valence-corrected chi connectivity index (χ4v) is 1.33. The summed E-state index contributed by atoms with van der Waals surface area (Å²) >= 11 is 0. The number of para-hydroxylation sites is 1. The Hall–Kier alpha value is -2.10. The quantitative estimate of drug-likeness (QED) is 0.545. The maximum Gasteiger partial charge on any atom is 0.124 e. The van der Waals surface area contributed by atoms with Gasteiger partial charge in [0, 0.05) is 18.0 Å². The molecule has 0 aliphatic rings. The highest BCUT2D eigenvalue weighted by atomic mass is 15.0. The number of nitrogens with two attached hydrogens (primary N) is 1. The molecule has 0 bridgehead atoms. The van der Waals surface area contributed by atoms with Crippen LogP contribution >= 0.6 is 0 Å². The molecule has 1 heterocycles. The van der Waals surface area contributed by atoms with Gasteiger partial charge in [-0.25, -0.2) is 4.98 Å². The Balaban J connectivity index is 2.58. The lowest BCUT2D eigenvalue weighted by molar-refractivity contribution is 1.05. The Morgan fingerprint density at radius 3 is 2.79 bits per heavy atom. The van der Waals surface area contributed by atoms with Gasteiger partial charge in [0.25, 0.3) is 0 Å². The van der Waals surface area contributed by atoms with E-state index in [0.717, 1.165) is 5.69 Å². The Morgan fingerprint density at radius 2 is 2.14 bits per heavy atom. The second kappa shape index (κ2) is 3.33. The Morgan fingerprint density at radius 1 is 1.36 bits per heavy atom. The van der Waals surface area contributed by atoms with Gasteiger partial charge in [-0.05, 0) is 12.1 Å². The molecule has 0 atom stereocenters. The zero-order valence-electron chi connectivity index (χ0n) is 7.51. The Kier molecular flexibility index (Phi) is 2.02. The van der Waals surface area contributed by atoms with Crippen molar-refractivity contribution >= 4 is 5.84 Å². The van der Waals surface area contributed by atoms with Gasteiger partial charge in [0.1, 0.15) is 5.84 Å². The predicted octanol–water partition coefficient (Wildman–Crippen LogP) is 1.16. The van der Waals surface area contributed by atoms with Gasteiger partial charge in [-0.1, -0.05) is 12.1 Å². The predicted molar refractivity (Wildman–Crippen MR) is 54.6 cm³/mol. The number of hydrogen-bond donors (Lipinski definition) is 2. The number of nitrogen functional groups attached to an aromatic ring is 1. The minimum absolute atomic E-state index is 0.0642. The maximum absolute atomic E-state index is 7.42. The summed E-state index contributed by atoms with van der Waals surface area (Å²) in [6.45, 7) is 0. The monoisotopic (exact) mass is 186 g/mol. The first kappa shape index (κ1) is 8.50. The summed E-state index contributed by atoms with van der Waals surface area (Å²) in [5.74, 6) is 0.0642. The third-order valence-corrected chi connectivity index (χ3v) is 1.98. The molecule has 0 saturated heterocycles. The number of hydrogen-bond acceptors (Lipinski definition) is 2. The Bertz CT molecular complexity index is 445. The second-order valence-electron chi connectivity index (χ2n) is 2.90. The molecule has 0 saturated carbocycles. The summed E-state index contributed by atoms with van der Waals surface area (Å²) in [6.07, 6.45) is 5.19. The summed E-state index contributed by atoms with van der Waals surface area (Å²) in [6, 6.07) is 7.48. The third-order valence-electron chi connectivity index (χ3n) is 1.98. The van der Waals surface area contributed by atoms with Gasteiger partial charge in [0.05, 0.1) is 12.0 Å². The van der Waals surface area contributed by atoms with Crippen LogP contribution in [0.3, 0.4) is 0 Å². The smallest absolute Gasteiger partial charge is 0.124 e. The van der Waals surface area contributed by atoms with E-state index in [2.05, 4.69) is 4.98 Å². The largest absolute Gasteiger partial charge is 0.384 e. The second-order valence-corrected chi connectivity index (χ2v) is 2.90. The van der Waals surface area contributed by atoms with Crippen LogP contribution in [0.15, 0.2) is 43.0 Å². The first-order chi connectivity index (χ1) is 6.79. The molecule has 2 rings (SSSR count). The zero-order valence-corrected chi connectivity index (χ0v) is 7.51. The molecule has 0 fully saturated rings. The minimum atomic E-state index is 0.0642. The minimum Gasteiger partial charge on any atom is -0.384 e. The molecule has 70 valence electrons. The molecule has 1 aromatic heterocycles. The van der Waals surface area contributed by atoms with Gasteiger partial charge in [-0.2, -0.15) is 0 Å². The van der Waals surface area contributed by atoms with E-state index in [4.69, 9.17) is 11.1 Å². The van der Waals surface area contributed by atoms with Crippen LogP contribution in [0.1, 0.15) is 5.56 Å². The van der Waals surface area contributed by atoms with Crippen LogP contribution < -0.4 is 5.73 Å². The van der Waals surface area contributed by atoms with Crippen LogP contribution in [0, 0.1) is 5.41 Å². The van der Waals surface area contributed by atoms with Gasteiger partial charge in [-0.15, -0.1) is 0 Å². The zero-order chi connectivity index (χ0) is 9.97. The van der Waals surface area contributed by atoms with Crippen molar-refractivity contribution in [2.24, 2.45) is 5.73 Å². The van der Waals surface area contributed by atoms with Crippen molar-refractivity contribution in [2.45, 2.75) is 0 Å². The van der Waals surface area contributed by atoms with Crippen LogP contribution in [0.5, 0.6) is 0 Å². The molecule has 0 aliphatic heterocycles. The van der Waals surface area contributed by atoms with Crippen LogP contribution in [-0.4, -0.2) is 15.4 Å². The number of nitrogens with zero attached hydrogens (tertiary/aromatic N) is 2. The van der Waals surface area contributed by atoms with Gasteiger partial charge < -0.3 is 10.3 Å². The van der Waals surface area contributed by atoms with E-state index in [1.165, 1.54) is 0 Å². The molecular weight excluding hydrogens is 176 g/mol. The summed E-state index contributed by atoms with van der Waals surface area (Å²) in [5, 5.41) is 7.42. The molecule has 3 N–H and O–H groups in total. The van der Waals surface area contributed by atoms with Gasteiger partial charge in [0.15, 0.2) is 0 Å². The first-order valence-electron chi connectivity index (χ1n) is 4.21. The van der Waals surface area contributed by atoms with Gasteiger partial charge in [-0.3, -0.25) is 5.41 Å². The van der Waals surface area contributed by atoms with Crippen molar-refractivity contribution in [3.63, 3.8) is 0 Å². The van der Waals surface area contributed by atoms with Crippen molar-refractivity contribution in [1.29, 1.82) is 5.41 Å². The summed E-state index contributed by atoms with van der Waals surface area (Å²) in [5.41, 5.74) is 7.06. The fraction of sp³-hybridized carbons (Fsp3) is 0. The molecule has 2 aromatic rings. The average Bonchev–Trinajstić information content (AvgIpc) is 2.70. The molecule has 0 unspecified atom stereocenters. The van der Waals surface area contributed by atoms with E-state index in [9.17, 15) is 0 Å². The number of benzene rings is 1.